The lowest BCUT2D eigenvalue weighted by atomic mass is 10.2. The van der Waals surface area contributed by atoms with Crippen LogP contribution in [0.25, 0.3) is 0 Å². The number of carbonyl (C=O) groups is 2. The zero-order chi connectivity index (χ0) is 14.4. The van der Waals surface area contributed by atoms with Crippen LogP contribution in [0.1, 0.15) is 15.9 Å². The lowest BCUT2D eigenvalue weighted by Gasteiger charge is -2.07. The molecule has 20 heavy (non-hydrogen) atoms. The Morgan fingerprint density at radius 1 is 1.15 bits per heavy atom. The molecule has 0 saturated heterocycles. The van der Waals surface area contributed by atoms with E-state index in [1.165, 1.54) is 17.7 Å². The molecule has 1 aromatic heterocycles. The second-order valence-corrected chi connectivity index (χ2v) is 4.93. The number of thiophene rings is 1. The van der Waals surface area contributed by atoms with Crippen LogP contribution >= 0.6 is 11.3 Å². The van der Waals surface area contributed by atoms with Crippen LogP contribution < -0.4 is 10.6 Å². The number of hydrogen-bond donors (Lipinski definition) is 3. The molecule has 0 spiro atoms. The van der Waals surface area contributed by atoms with Gasteiger partial charge in [-0.15, -0.1) is 0 Å². The maximum Gasteiger partial charge on any atom is 0.335 e. The zero-order valence-electron chi connectivity index (χ0n) is 10.6. The van der Waals surface area contributed by atoms with Crippen molar-refractivity contribution >= 4 is 29.0 Å². The van der Waals surface area contributed by atoms with Crippen LogP contribution in [0.3, 0.4) is 0 Å². The van der Waals surface area contributed by atoms with Gasteiger partial charge in [-0.05, 0) is 53.1 Å². The highest BCUT2D eigenvalue weighted by molar-refractivity contribution is 7.07. The predicted molar refractivity (Wildman–Crippen MR) is 78.4 cm³/mol. The first kappa shape index (κ1) is 14.1. The Labute approximate surface area is 120 Å². The Kier molecular flexibility index (Phi) is 4.73. The van der Waals surface area contributed by atoms with Crippen molar-refractivity contribution in [2.45, 2.75) is 6.42 Å². The van der Waals surface area contributed by atoms with Crippen LogP contribution in [0.5, 0.6) is 0 Å². The van der Waals surface area contributed by atoms with Crippen LogP contribution in [0.15, 0.2) is 41.1 Å². The van der Waals surface area contributed by atoms with E-state index in [0.29, 0.717) is 12.2 Å². The highest BCUT2D eigenvalue weighted by Crippen LogP contribution is 2.09. The number of amides is 2. The topological polar surface area (TPSA) is 78.4 Å². The number of carbonyl (C=O) groups excluding carboxylic acids is 1. The van der Waals surface area contributed by atoms with E-state index in [9.17, 15) is 9.59 Å². The van der Waals surface area contributed by atoms with E-state index >= 15 is 0 Å². The molecule has 0 saturated carbocycles. The van der Waals surface area contributed by atoms with Crippen molar-refractivity contribution in [1.29, 1.82) is 0 Å². The summed E-state index contributed by atoms with van der Waals surface area (Å²) in [5.74, 6) is -0.989. The lowest BCUT2D eigenvalue weighted by molar-refractivity contribution is 0.0697. The van der Waals surface area contributed by atoms with Crippen LogP contribution in [0.4, 0.5) is 10.5 Å². The smallest absolute Gasteiger partial charge is 0.335 e. The summed E-state index contributed by atoms with van der Waals surface area (Å²) in [6.07, 6.45) is 0.787. The molecule has 0 unspecified atom stereocenters. The van der Waals surface area contributed by atoms with Gasteiger partial charge in [-0.25, -0.2) is 9.59 Å². The second-order valence-electron chi connectivity index (χ2n) is 4.15. The van der Waals surface area contributed by atoms with Crippen LogP contribution in [0, 0.1) is 0 Å². The summed E-state index contributed by atoms with van der Waals surface area (Å²) < 4.78 is 0. The molecule has 1 aromatic carbocycles. The standard InChI is InChI=1S/C14H14N2O3S/c17-13(18)11-1-3-12(4-2-11)16-14(19)15-7-5-10-6-8-20-9-10/h1-4,6,8-9H,5,7H2,(H,17,18)(H2,15,16,19). The molecule has 1 heterocycles. The summed E-state index contributed by atoms with van der Waals surface area (Å²) in [6.45, 7) is 0.551. The van der Waals surface area contributed by atoms with Crippen molar-refractivity contribution in [3.8, 4) is 0 Å². The van der Waals surface area contributed by atoms with Crippen molar-refractivity contribution in [1.82, 2.24) is 5.32 Å². The average Bonchev–Trinajstić information content (AvgIpc) is 2.92. The summed E-state index contributed by atoms with van der Waals surface area (Å²) in [5, 5.41) is 18.2. The number of anilines is 1. The first-order valence-corrected chi connectivity index (χ1v) is 6.99. The molecule has 2 rings (SSSR count). The molecule has 5 nitrogen and oxygen atoms in total. The van der Waals surface area contributed by atoms with Crippen molar-refractivity contribution in [3.63, 3.8) is 0 Å². The van der Waals surface area contributed by atoms with Crippen LogP contribution in [-0.4, -0.2) is 23.7 Å². The lowest BCUT2D eigenvalue weighted by Crippen LogP contribution is -2.30. The minimum absolute atomic E-state index is 0.188. The van der Waals surface area contributed by atoms with E-state index in [0.717, 1.165) is 6.42 Å². The molecule has 0 aliphatic carbocycles. The molecular formula is C14H14N2O3S. The van der Waals surface area contributed by atoms with Crippen LogP contribution in [-0.2, 0) is 6.42 Å². The molecule has 0 fully saturated rings. The summed E-state index contributed by atoms with van der Waals surface area (Å²) in [6, 6.07) is 7.73. The van der Waals surface area contributed by atoms with Crippen LogP contribution in [0.2, 0.25) is 0 Å². The minimum Gasteiger partial charge on any atom is -0.478 e. The monoisotopic (exact) mass is 290 g/mol. The largest absolute Gasteiger partial charge is 0.478 e. The third-order valence-corrected chi connectivity index (χ3v) is 3.40. The number of carboxylic acids is 1. The van der Waals surface area contributed by atoms with Gasteiger partial charge >= 0.3 is 12.0 Å². The molecule has 3 N–H and O–H groups in total. The molecule has 0 aliphatic heterocycles. The van der Waals surface area contributed by atoms with Crippen molar-refractivity contribution in [2.24, 2.45) is 0 Å². The first-order chi connectivity index (χ1) is 9.65. The quantitative estimate of drug-likeness (QED) is 0.792. The molecule has 104 valence electrons. The second kappa shape index (κ2) is 6.72. The number of nitrogens with one attached hydrogen (secondary N) is 2. The van der Waals surface area contributed by atoms with Gasteiger partial charge in [-0.3, -0.25) is 0 Å². The van der Waals surface area contributed by atoms with Crippen molar-refractivity contribution < 1.29 is 14.7 Å². The Bertz CT molecular complexity index is 579. The average molecular weight is 290 g/mol. The van der Waals surface area contributed by atoms with Gasteiger partial charge in [-0.2, -0.15) is 11.3 Å². The van der Waals surface area contributed by atoms with E-state index in [-0.39, 0.29) is 11.6 Å². The molecule has 0 atom stereocenters. The normalized spacial score (nSPS) is 10.0. The maximum atomic E-state index is 11.6. The number of hydrogen-bond acceptors (Lipinski definition) is 3. The number of carboxylic acid groups (broad SMARTS) is 1. The predicted octanol–water partition coefficient (Wildman–Crippen LogP) is 2.81. The summed E-state index contributed by atoms with van der Waals surface area (Å²) in [7, 11) is 0. The number of aromatic carboxylic acids is 1. The van der Waals surface area contributed by atoms with Crippen molar-refractivity contribution in [3.05, 3.63) is 52.2 Å². The van der Waals surface area contributed by atoms with Gasteiger partial charge in [0.05, 0.1) is 5.56 Å². The van der Waals surface area contributed by atoms with E-state index in [1.54, 1.807) is 23.5 Å². The highest BCUT2D eigenvalue weighted by atomic mass is 32.1. The van der Waals surface area contributed by atoms with Gasteiger partial charge < -0.3 is 15.7 Å². The molecule has 0 aliphatic rings. The van der Waals surface area contributed by atoms with Gasteiger partial charge in [0.25, 0.3) is 0 Å². The molecular weight excluding hydrogens is 276 g/mol. The Balaban J connectivity index is 1.77. The first-order valence-electron chi connectivity index (χ1n) is 6.04. The van der Waals surface area contributed by atoms with E-state index in [4.69, 9.17) is 5.11 Å². The summed E-state index contributed by atoms with van der Waals surface area (Å²) in [5.41, 5.74) is 1.94. The fraction of sp³-hybridized carbons (Fsp3) is 0.143. The van der Waals surface area contributed by atoms with Gasteiger partial charge in [0, 0.05) is 12.2 Å². The minimum atomic E-state index is -0.989. The van der Waals surface area contributed by atoms with Crippen molar-refractivity contribution in [2.75, 3.05) is 11.9 Å². The fourth-order valence-electron chi connectivity index (χ4n) is 1.63. The Hall–Kier alpha value is -2.34. The van der Waals surface area contributed by atoms with Gasteiger partial charge in [-0.1, -0.05) is 0 Å². The number of benzene rings is 1. The molecule has 2 aromatic rings. The molecule has 6 heteroatoms. The van der Waals surface area contributed by atoms with E-state index in [1.807, 2.05) is 16.8 Å². The highest BCUT2D eigenvalue weighted by Gasteiger charge is 2.04. The number of urea groups is 1. The third kappa shape index (κ3) is 4.10. The number of rotatable bonds is 5. The fourth-order valence-corrected chi connectivity index (χ4v) is 2.33. The molecule has 0 bridgehead atoms. The Morgan fingerprint density at radius 3 is 2.50 bits per heavy atom. The molecule has 0 radical (unpaired) electrons. The van der Waals surface area contributed by atoms with Gasteiger partial charge in [0.15, 0.2) is 0 Å². The van der Waals surface area contributed by atoms with Gasteiger partial charge in [0.1, 0.15) is 0 Å². The van der Waals surface area contributed by atoms with E-state index < -0.39 is 5.97 Å². The maximum absolute atomic E-state index is 11.6. The summed E-state index contributed by atoms with van der Waals surface area (Å²) >= 11 is 1.63. The van der Waals surface area contributed by atoms with E-state index in [2.05, 4.69) is 10.6 Å². The third-order valence-electron chi connectivity index (χ3n) is 2.67. The Morgan fingerprint density at radius 2 is 1.90 bits per heavy atom. The SMILES string of the molecule is O=C(NCCc1ccsc1)Nc1ccc(C(=O)O)cc1. The zero-order valence-corrected chi connectivity index (χ0v) is 11.4. The molecule has 2 amide bonds. The van der Waals surface area contributed by atoms with Gasteiger partial charge in [0.2, 0.25) is 0 Å². The summed E-state index contributed by atoms with van der Waals surface area (Å²) in [4.78, 5) is 22.3.